The quantitative estimate of drug-likeness (QED) is 0.373. The summed E-state index contributed by atoms with van der Waals surface area (Å²) in [6.07, 6.45) is 8.17. The Labute approximate surface area is 224 Å². The number of aromatic nitrogens is 5. The molecule has 6 rings (SSSR count). The lowest BCUT2D eigenvalue weighted by atomic mass is 10.0. The number of nitrogens with one attached hydrogen (secondary N) is 2. The Morgan fingerprint density at radius 3 is 2.69 bits per heavy atom. The molecule has 3 aromatic heterocycles. The average Bonchev–Trinajstić information content (AvgIpc) is 3.72. The van der Waals surface area contributed by atoms with Crippen LogP contribution in [-0.4, -0.2) is 76.5 Å². The molecule has 2 saturated heterocycles. The minimum atomic E-state index is -3.06. The van der Waals surface area contributed by atoms with Gasteiger partial charge in [0, 0.05) is 53.9 Å². The summed E-state index contributed by atoms with van der Waals surface area (Å²) in [4.78, 5) is 17.2. The van der Waals surface area contributed by atoms with E-state index in [1.807, 2.05) is 6.20 Å². The van der Waals surface area contributed by atoms with Crippen molar-refractivity contribution in [3.63, 3.8) is 0 Å². The Hall–Kier alpha value is -3.84. The lowest BCUT2D eigenvalue weighted by Gasteiger charge is -2.16. The van der Waals surface area contributed by atoms with Crippen molar-refractivity contribution in [3.05, 3.63) is 53.9 Å². The molecular formula is C26H28FN7O4S. The third kappa shape index (κ3) is 4.76. The van der Waals surface area contributed by atoms with Gasteiger partial charge in [0.05, 0.1) is 42.6 Å². The van der Waals surface area contributed by atoms with Crippen LogP contribution in [-0.2, 0) is 14.6 Å². The Kier molecular flexibility index (Phi) is 6.34. The highest BCUT2D eigenvalue weighted by Gasteiger charge is 2.30. The van der Waals surface area contributed by atoms with Crippen LogP contribution in [0.4, 0.5) is 10.2 Å². The third-order valence-electron chi connectivity index (χ3n) is 7.29. The first-order chi connectivity index (χ1) is 18.7. The fraction of sp³-hybridized carbons (Fsp3) is 0.385. The van der Waals surface area contributed by atoms with E-state index < -0.39 is 15.7 Å². The number of ether oxygens (including phenoxy) is 1. The first-order valence-electron chi connectivity index (χ1n) is 12.7. The molecule has 13 heteroatoms. The molecule has 0 radical (unpaired) electrons. The van der Waals surface area contributed by atoms with Crippen molar-refractivity contribution >= 4 is 27.2 Å². The number of nitrogens with zero attached hydrogens (tertiary/aromatic N) is 5. The zero-order valence-corrected chi connectivity index (χ0v) is 22.3. The number of anilines is 1. The minimum Gasteiger partial charge on any atom is -0.379 e. The number of rotatable bonds is 6. The fourth-order valence-corrected chi connectivity index (χ4v) is 6.87. The van der Waals surface area contributed by atoms with E-state index in [0.29, 0.717) is 53.4 Å². The Bertz CT molecular complexity index is 1690. The number of amides is 1. The largest absolute Gasteiger partial charge is 0.379 e. The maximum Gasteiger partial charge on any atom is 0.251 e. The summed E-state index contributed by atoms with van der Waals surface area (Å²) in [5.74, 6) is 0.00949. The van der Waals surface area contributed by atoms with Crippen LogP contribution in [0, 0.1) is 12.7 Å². The summed E-state index contributed by atoms with van der Waals surface area (Å²) in [5.41, 5.74) is 3.24. The van der Waals surface area contributed by atoms with E-state index in [0.717, 1.165) is 12.0 Å². The molecule has 11 nitrogen and oxygen atoms in total. The molecule has 5 heterocycles. The summed E-state index contributed by atoms with van der Waals surface area (Å²) in [7, 11) is -1.54. The van der Waals surface area contributed by atoms with Crippen molar-refractivity contribution in [2.75, 3.05) is 37.1 Å². The van der Waals surface area contributed by atoms with Crippen LogP contribution in [0.3, 0.4) is 0 Å². The molecule has 2 fully saturated rings. The van der Waals surface area contributed by atoms with Crippen LogP contribution in [0.2, 0.25) is 0 Å². The van der Waals surface area contributed by atoms with E-state index in [2.05, 4.69) is 20.8 Å². The minimum absolute atomic E-state index is 0.0376. The number of sulfone groups is 1. The number of aryl methyl sites for hydroxylation is 1. The summed E-state index contributed by atoms with van der Waals surface area (Å²) >= 11 is 0. The van der Waals surface area contributed by atoms with Crippen LogP contribution in [0.5, 0.6) is 0 Å². The Morgan fingerprint density at radius 1 is 1.13 bits per heavy atom. The molecule has 4 aromatic rings. The number of carbonyl (C=O) groups is 1. The molecule has 1 aromatic carbocycles. The number of halogens is 1. The van der Waals surface area contributed by atoms with Crippen molar-refractivity contribution in [2.24, 2.45) is 0 Å². The van der Waals surface area contributed by atoms with Crippen molar-refractivity contribution in [3.8, 4) is 22.3 Å². The molecule has 0 saturated carbocycles. The molecule has 0 aliphatic carbocycles. The van der Waals surface area contributed by atoms with Gasteiger partial charge in [-0.3, -0.25) is 9.48 Å². The van der Waals surface area contributed by atoms with Gasteiger partial charge in [0.2, 0.25) is 0 Å². The van der Waals surface area contributed by atoms with Crippen molar-refractivity contribution in [1.29, 1.82) is 0 Å². The van der Waals surface area contributed by atoms with E-state index in [9.17, 15) is 13.2 Å². The zero-order chi connectivity index (χ0) is 27.3. The summed E-state index contributed by atoms with van der Waals surface area (Å²) in [6, 6.07) is 2.84. The van der Waals surface area contributed by atoms with Gasteiger partial charge in [-0.2, -0.15) is 10.2 Å². The highest BCUT2D eigenvalue weighted by molar-refractivity contribution is 7.91. The SMILES string of the molecule is CNC(=O)c1cc(C)c(F)c(-c2cnn3cc(-c4cnn(C5CCS(=O)(=O)C5)c4)c(N[C@H]4CCOC4)nc23)c1. The predicted octanol–water partition coefficient (Wildman–Crippen LogP) is 2.63. The van der Waals surface area contributed by atoms with Gasteiger partial charge in [-0.15, -0.1) is 0 Å². The van der Waals surface area contributed by atoms with Gasteiger partial charge in [0.15, 0.2) is 15.5 Å². The Balaban J connectivity index is 1.46. The molecule has 0 spiro atoms. The van der Waals surface area contributed by atoms with Gasteiger partial charge in [-0.05, 0) is 37.5 Å². The van der Waals surface area contributed by atoms with E-state index in [4.69, 9.17) is 9.72 Å². The van der Waals surface area contributed by atoms with Gasteiger partial charge < -0.3 is 15.4 Å². The fourth-order valence-electron chi connectivity index (χ4n) is 5.17. The van der Waals surface area contributed by atoms with E-state index in [-0.39, 0.29) is 35.1 Å². The second-order valence-electron chi connectivity index (χ2n) is 10.0. The topological polar surface area (TPSA) is 133 Å². The molecule has 204 valence electrons. The second kappa shape index (κ2) is 9.72. The number of benzene rings is 1. The van der Waals surface area contributed by atoms with Crippen LogP contribution in [0.25, 0.3) is 27.9 Å². The van der Waals surface area contributed by atoms with Crippen molar-refractivity contribution < 1.29 is 22.3 Å². The first kappa shape index (κ1) is 25.4. The van der Waals surface area contributed by atoms with Crippen molar-refractivity contribution in [2.45, 2.75) is 31.8 Å². The van der Waals surface area contributed by atoms with Gasteiger partial charge in [0.25, 0.3) is 5.91 Å². The lowest BCUT2D eigenvalue weighted by Crippen LogP contribution is -2.20. The Morgan fingerprint density at radius 2 is 1.97 bits per heavy atom. The first-order valence-corrected chi connectivity index (χ1v) is 14.5. The van der Waals surface area contributed by atoms with Gasteiger partial charge in [-0.25, -0.2) is 22.3 Å². The summed E-state index contributed by atoms with van der Waals surface area (Å²) in [6.45, 7) is 2.78. The number of carbonyl (C=O) groups excluding carboxylic acids is 1. The maximum atomic E-state index is 15.3. The average molecular weight is 554 g/mol. The molecular weight excluding hydrogens is 525 g/mol. The normalized spacial score (nSPS) is 20.5. The second-order valence-corrected chi connectivity index (χ2v) is 12.3. The molecule has 39 heavy (non-hydrogen) atoms. The number of fused-ring (bicyclic) bond motifs is 1. The number of hydrogen-bond acceptors (Lipinski definition) is 8. The van der Waals surface area contributed by atoms with Crippen LogP contribution < -0.4 is 10.6 Å². The van der Waals surface area contributed by atoms with Gasteiger partial charge in [0.1, 0.15) is 11.6 Å². The highest BCUT2D eigenvalue weighted by Crippen LogP contribution is 2.34. The highest BCUT2D eigenvalue weighted by atomic mass is 32.2. The number of hydrogen-bond donors (Lipinski definition) is 2. The molecule has 0 bridgehead atoms. The van der Waals surface area contributed by atoms with Crippen LogP contribution in [0.15, 0.2) is 36.9 Å². The lowest BCUT2D eigenvalue weighted by molar-refractivity contribution is 0.0963. The van der Waals surface area contributed by atoms with Gasteiger partial charge >= 0.3 is 0 Å². The van der Waals surface area contributed by atoms with Crippen molar-refractivity contribution in [1.82, 2.24) is 29.7 Å². The molecule has 1 unspecified atom stereocenters. The molecule has 2 N–H and O–H groups in total. The monoisotopic (exact) mass is 553 g/mol. The third-order valence-corrected chi connectivity index (χ3v) is 9.04. The summed E-state index contributed by atoms with van der Waals surface area (Å²) in [5, 5.41) is 14.9. The van der Waals surface area contributed by atoms with Crippen LogP contribution >= 0.6 is 0 Å². The summed E-state index contributed by atoms with van der Waals surface area (Å²) < 4.78 is 48.1. The molecule has 2 aliphatic heterocycles. The molecule has 2 atom stereocenters. The maximum absolute atomic E-state index is 15.3. The molecule has 1 amide bonds. The van der Waals surface area contributed by atoms with Crippen LogP contribution in [0.1, 0.15) is 34.8 Å². The van der Waals surface area contributed by atoms with Gasteiger partial charge in [-0.1, -0.05) is 0 Å². The smallest absolute Gasteiger partial charge is 0.251 e. The standard InChI is InChI=1S/C26H28FN7O4S/c1-15-7-16(26(35)28-2)8-20(23(15)27)21-10-30-34-12-22(24(32-25(21)34)31-18-3-5-38-13-18)17-9-29-33(11-17)19-4-6-39(36,37)14-19/h7-12,18-19H,3-6,13-14H2,1-2H3,(H,28,35)(H,31,32)/t18-,19?/m0/s1. The predicted molar refractivity (Wildman–Crippen MR) is 143 cm³/mol. The van der Waals surface area contributed by atoms with E-state index in [1.54, 1.807) is 28.5 Å². The van der Waals surface area contributed by atoms with E-state index >= 15 is 4.39 Å². The van der Waals surface area contributed by atoms with E-state index in [1.165, 1.54) is 25.4 Å². The molecule has 2 aliphatic rings. The zero-order valence-electron chi connectivity index (χ0n) is 21.5.